The molecule has 21 heavy (non-hydrogen) atoms. The second kappa shape index (κ2) is 8.47. The van der Waals surface area contributed by atoms with Crippen molar-refractivity contribution in [3.63, 3.8) is 0 Å². The van der Waals surface area contributed by atoms with Crippen molar-refractivity contribution < 1.29 is 44.2 Å². The van der Waals surface area contributed by atoms with Crippen molar-refractivity contribution in [1.29, 1.82) is 0 Å². The SMILES string of the molecule is COCC(COC(=O)OC1[CH]C(O)C(O)C(O)C1O)OC. The van der Waals surface area contributed by atoms with Crippen LogP contribution in [0.1, 0.15) is 0 Å². The molecule has 0 aromatic heterocycles. The second-order valence-corrected chi connectivity index (χ2v) is 4.61. The molecule has 4 N–H and O–H groups in total. The van der Waals surface area contributed by atoms with Crippen molar-refractivity contribution in [2.45, 2.75) is 36.6 Å². The molecule has 0 aromatic carbocycles. The van der Waals surface area contributed by atoms with E-state index in [0.29, 0.717) is 0 Å². The minimum absolute atomic E-state index is 0.125. The molecule has 1 saturated carbocycles. The number of rotatable bonds is 6. The van der Waals surface area contributed by atoms with Gasteiger partial charge in [0.05, 0.1) is 12.7 Å². The molecule has 1 rings (SSSR count). The molecular formula is C12H21O9. The van der Waals surface area contributed by atoms with E-state index in [1.807, 2.05) is 0 Å². The molecule has 1 fully saturated rings. The third kappa shape index (κ3) is 5.06. The Hall–Kier alpha value is -0.970. The standard InChI is InChI=1S/C12H21O9/c1-18-4-6(19-2)5-20-12(17)21-8-3-7(13)9(14)11(16)10(8)15/h3,6-11,13-16H,4-5H2,1-2H3. The van der Waals surface area contributed by atoms with E-state index >= 15 is 0 Å². The minimum atomic E-state index is -1.64. The van der Waals surface area contributed by atoms with Crippen molar-refractivity contribution >= 4 is 6.16 Å². The lowest BCUT2D eigenvalue weighted by Crippen LogP contribution is -2.57. The number of carbonyl (C=O) groups excluding carboxylic acids is 1. The first kappa shape index (κ1) is 18.1. The number of hydrogen-bond donors (Lipinski definition) is 4. The highest BCUT2D eigenvalue weighted by Crippen LogP contribution is 2.22. The largest absolute Gasteiger partial charge is 0.508 e. The number of aliphatic hydroxyl groups is 4. The average Bonchev–Trinajstić information content (AvgIpc) is 2.46. The fourth-order valence-electron chi connectivity index (χ4n) is 1.81. The summed E-state index contributed by atoms with van der Waals surface area (Å²) in [6, 6.07) is 0. The summed E-state index contributed by atoms with van der Waals surface area (Å²) in [7, 11) is 2.89. The Bertz CT molecular complexity index is 324. The van der Waals surface area contributed by atoms with Gasteiger partial charge in [-0.25, -0.2) is 4.79 Å². The smallest absolute Gasteiger partial charge is 0.431 e. The summed E-state index contributed by atoms with van der Waals surface area (Å²) in [6.45, 7) is 0.0886. The van der Waals surface area contributed by atoms with Crippen LogP contribution in [0.3, 0.4) is 0 Å². The maximum Gasteiger partial charge on any atom is 0.508 e. The molecule has 6 atom stereocenters. The molecule has 1 radical (unpaired) electrons. The van der Waals surface area contributed by atoms with Gasteiger partial charge in [0.15, 0.2) is 0 Å². The van der Waals surface area contributed by atoms with Crippen LogP contribution in [0.15, 0.2) is 0 Å². The molecule has 0 aromatic rings. The Morgan fingerprint density at radius 2 is 1.76 bits per heavy atom. The van der Waals surface area contributed by atoms with E-state index in [0.717, 1.165) is 6.42 Å². The summed E-state index contributed by atoms with van der Waals surface area (Å²) >= 11 is 0. The Balaban J connectivity index is 2.43. The van der Waals surface area contributed by atoms with Crippen molar-refractivity contribution in [1.82, 2.24) is 0 Å². The predicted octanol–water partition coefficient (Wildman–Crippen LogP) is -2.17. The van der Waals surface area contributed by atoms with Gasteiger partial charge in [-0.1, -0.05) is 0 Å². The predicted molar refractivity (Wildman–Crippen MR) is 67.2 cm³/mol. The molecule has 0 saturated heterocycles. The van der Waals surface area contributed by atoms with Gasteiger partial charge in [-0.2, -0.15) is 0 Å². The Morgan fingerprint density at radius 1 is 1.10 bits per heavy atom. The molecule has 0 aliphatic heterocycles. The lowest BCUT2D eigenvalue weighted by Gasteiger charge is -2.37. The lowest BCUT2D eigenvalue weighted by molar-refractivity contribution is -0.158. The normalized spacial score (nSPS) is 34.3. The zero-order valence-electron chi connectivity index (χ0n) is 11.8. The van der Waals surface area contributed by atoms with Crippen LogP contribution in [0.4, 0.5) is 4.79 Å². The molecule has 0 spiro atoms. The molecule has 123 valence electrons. The average molecular weight is 309 g/mol. The molecule has 0 amide bonds. The maximum absolute atomic E-state index is 11.5. The fraction of sp³-hybridized carbons (Fsp3) is 0.833. The van der Waals surface area contributed by atoms with Crippen LogP contribution < -0.4 is 0 Å². The van der Waals surface area contributed by atoms with E-state index in [-0.39, 0.29) is 13.2 Å². The van der Waals surface area contributed by atoms with E-state index in [2.05, 4.69) is 0 Å². The van der Waals surface area contributed by atoms with Gasteiger partial charge in [0.1, 0.15) is 37.1 Å². The third-order valence-corrected chi connectivity index (χ3v) is 3.08. The summed E-state index contributed by atoms with van der Waals surface area (Å²) in [5, 5.41) is 37.9. The zero-order chi connectivity index (χ0) is 16.0. The Morgan fingerprint density at radius 3 is 2.33 bits per heavy atom. The van der Waals surface area contributed by atoms with Gasteiger partial charge in [-0.05, 0) is 0 Å². The van der Waals surface area contributed by atoms with Gasteiger partial charge < -0.3 is 39.4 Å². The number of aliphatic hydroxyl groups excluding tert-OH is 4. The monoisotopic (exact) mass is 309 g/mol. The molecule has 1 aliphatic rings. The van der Waals surface area contributed by atoms with Crippen LogP contribution in [-0.4, -0.2) is 90.6 Å². The van der Waals surface area contributed by atoms with Gasteiger partial charge in [-0.15, -0.1) is 0 Å². The third-order valence-electron chi connectivity index (χ3n) is 3.08. The van der Waals surface area contributed by atoms with Gasteiger partial charge in [0.25, 0.3) is 0 Å². The Kier molecular flexibility index (Phi) is 7.29. The quantitative estimate of drug-likeness (QED) is 0.404. The van der Waals surface area contributed by atoms with Crippen LogP contribution in [0.5, 0.6) is 0 Å². The lowest BCUT2D eigenvalue weighted by atomic mass is 9.87. The number of hydrogen-bond acceptors (Lipinski definition) is 9. The number of methoxy groups -OCH3 is 2. The van der Waals surface area contributed by atoms with Crippen molar-refractivity contribution in [3.05, 3.63) is 6.42 Å². The van der Waals surface area contributed by atoms with Crippen LogP contribution in [0.25, 0.3) is 0 Å². The fourth-order valence-corrected chi connectivity index (χ4v) is 1.81. The highest BCUT2D eigenvalue weighted by molar-refractivity contribution is 5.60. The summed E-state index contributed by atoms with van der Waals surface area (Å²) < 4.78 is 19.4. The molecule has 6 unspecified atom stereocenters. The first-order valence-electron chi connectivity index (χ1n) is 6.33. The zero-order valence-corrected chi connectivity index (χ0v) is 11.8. The first-order valence-corrected chi connectivity index (χ1v) is 6.33. The molecular weight excluding hydrogens is 288 g/mol. The highest BCUT2D eigenvalue weighted by Gasteiger charge is 2.44. The maximum atomic E-state index is 11.5. The number of carbonyl (C=O) groups is 1. The van der Waals surface area contributed by atoms with Gasteiger partial charge >= 0.3 is 6.16 Å². The van der Waals surface area contributed by atoms with E-state index < -0.39 is 42.8 Å². The summed E-state index contributed by atoms with van der Waals surface area (Å²) in [5.41, 5.74) is 0. The molecule has 9 heteroatoms. The summed E-state index contributed by atoms with van der Waals surface area (Å²) in [5.74, 6) is 0. The summed E-state index contributed by atoms with van der Waals surface area (Å²) in [6.07, 6.45) is -8.04. The number of ether oxygens (including phenoxy) is 4. The van der Waals surface area contributed by atoms with E-state index in [9.17, 15) is 25.2 Å². The van der Waals surface area contributed by atoms with Crippen molar-refractivity contribution in [3.8, 4) is 0 Å². The molecule has 0 heterocycles. The van der Waals surface area contributed by atoms with Crippen LogP contribution >= 0.6 is 0 Å². The van der Waals surface area contributed by atoms with Gasteiger partial charge in [-0.3, -0.25) is 0 Å². The van der Waals surface area contributed by atoms with E-state index in [1.54, 1.807) is 0 Å². The van der Waals surface area contributed by atoms with Crippen LogP contribution in [0.2, 0.25) is 0 Å². The van der Waals surface area contributed by atoms with Crippen molar-refractivity contribution in [2.75, 3.05) is 27.4 Å². The van der Waals surface area contributed by atoms with Crippen LogP contribution in [0, 0.1) is 6.42 Å². The van der Waals surface area contributed by atoms with Crippen LogP contribution in [-0.2, 0) is 18.9 Å². The highest BCUT2D eigenvalue weighted by atomic mass is 16.7. The topological polar surface area (TPSA) is 135 Å². The van der Waals surface area contributed by atoms with Crippen molar-refractivity contribution in [2.24, 2.45) is 0 Å². The molecule has 9 nitrogen and oxygen atoms in total. The molecule has 1 aliphatic carbocycles. The first-order chi connectivity index (χ1) is 9.90. The summed E-state index contributed by atoms with van der Waals surface area (Å²) in [4.78, 5) is 11.5. The second-order valence-electron chi connectivity index (χ2n) is 4.61. The van der Waals surface area contributed by atoms with Gasteiger partial charge in [0.2, 0.25) is 0 Å². The van der Waals surface area contributed by atoms with Gasteiger partial charge in [0, 0.05) is 20.6 Å². The minimum Gasteiger partial charge on any atom is -0.431 e. The van der Waals surface area contributed by atoms with E-state index in [4.69, 9.17) is 18.9 Å². The Labute approximate surface area is 122 Å². The van der Waals surface area contributed by atoms with E-state index in [1.165, 1.54) is 14.2 Å². The molecule has 0 bridgehead atoms.